The van der Waals surface area contributed by atoms with E-state index in [1.807, 2.05) is 0 Å². The minimum atomic E-state index is -0.920. The molecule has 1 aliphatic heterocycles. The largest absolute Gasteiger partial charge is 0.478 e. The van der Waals surface area contributed by atoms with Crippen LogP contribution in [0, 0.1) is 5.92 Å². The number of carbonyl (C=O) groups is 1. The molecule has 0 aromatic carbocycles. The lowest BCUT2D eigenvalue weighted by Gasteiger charge is -2.12. The van der Waals surface area contributed by atoms with Gasteiger partial charge in [0.2, 0.25) is 0 Å². The van der Waals surface area contributed by atoms with Crippen LogP contribution >= 0.6 is 0 Å². The zero-order chi connectivity index (χ0) is 12.3. The minimum Gasteiger partial charge on any atom is -0.478 e. The molecule has 1 fully saturated rings. The van der Waals surface area contributed by atoms with Crippen LogP contribution < -0.4 is 5.32 Å². The highest BCUT2D eigenvalue weighted by molar-refractivity contribution is 5.88. The Bertz CT molecular complexity index is 408. The number of pyridine rings is 1. The predicted molar refractivity (Wildman–Crippen MR) is 65.3 cm³/mol. The standard InChI is InChI=1S/C12H17N3O2/c1-15-5-3-9(8-15)7-14-11-6-10(12(16)17)2-4-13-11/h2,4,6,9H,3,5,7-8H2,1H3,(H,13,14)(H,16,17). The first kappa shape index (κ1) is 11.9. The molecule has 17 heavy (non-hydrogen) atoms. The van der Waals surface area contributed by atoms with Gasteiger partial charge in [-0.15, -0.1) is 0 Å². The Morgan fingerprint density at radius 3 is 3.18 bits per heavy atom. The van der Waals surface area contributed by atoms with Gasteiger partial charge < -0.3 is 15.3 Å². The second-order valence-electron chi connectivity index (χ2n) is 4.53. The molecule has 1 aromatic heterocycles. The van der Waals surface area contributed by atoms with Crippen molar-refractivity contribution in [3.05, 3.63) is 23.9 Å². The highest BCUT2D eigenvalue weighted by atomic mass is 16.4. The van der Waals surface area contributed by atoms with E-state index in [2.05, 4.69) is 22.2 Å². The molecule has 5 heteroatoms. The van der Waals surface area contributed by atoms with E-state index in [0.29, 0.717) is 11.7 Å². The number of nitrogens with zero attached hydrogens (tertiary/aromatic N) is 2. The molecule has 92 valence electrons. The quantitative estimate of drug-likeness (QED) is 0.819. The lowest BCUT2D eigenvalue weighted by atomic mass is 10.1. The third-order valence-electron chi connectivity index (χ3n) is 3.07. The van der Waals surface area contributed by atoms with Crippen molar-refractivity contribution >= 4 is 11.8 Å². The summed E-state index contributed by atoms with van der Waals surface area (Å²) in [5.41, 5.74) is 0.269. The summed E-state index contributed by atoms with van der Waals surface area (Å²) in [5.74, 6) is 0.339. The summed E-state index contributed by atoms with van der Waals surface area (Å²) in [7, 11) is 2.11. The maximum Gasteiger partial charge on any atom is 0.335 e. The summed E-state index contributed by atoms with van der Waals surface area (Å²) in [5, 5.41) is 12.1. The highest BCUT2D eigenvalue weighted by Gasteiger charge is 2.19. The summed E-state index contributed by atoms with van der Waals surface area (Å²) < 4.78 is 0. The third-order valence-corrected chi connectivity index (χ3v) is 3.07. The van der Waals surface area contributed by atoms with E-state index in [9.17, 15) is 4.79 Å². The van der Waals surface area contributed by atoms with E-state index in [4.69, 9.17) is 5.11 Å². The first-order valence-electron chi connectivity index (χ1n) is 5.77. The van der Waals surface area contributed by atoms with Crippen LogP contribution in [-0.4, -0.2) is 47.6 Å². The smallest absolute Gasteiger partial charge is 0.335 e. The average Bonchev–Trinajstić information content (AvgIpc) is 2.73. The van der Waals surface area contributed by atoms with E-state index < -0.39 is 5.97 Å². The number of likely N-dealkylation sites (tertiary alicyclic amines) is 1. The molecule has 2 heterocycles. The van der Waals surface area contributed by atoms with Crippen LogP contribution in [0.1, 0.15) is 16.8 Å². The number of carboxylic acids is 1. The van der Waals surface area contributed by atoms with Gasteiger partial charge in [-0.1, -0.05) is 0 Å². The molecule has 1 unspecified atom stereocenters. The van der Waals surface area contributed by atoms with Crippen LogP contribution in [0.25, 0.3) is 0 Å². The second-order valence-corrected chi connectivity index (χ2v) is 4.53. The molecule has 0 saturated carbocycles. The van der Waals surface area contributed by atoms with Gasteiger partial charge >= 0.3 is 5.97 Å². The Labute approximate surface area is 100 Å². The zero-order valence-corrected chi connectivity index (χ0v) is 9.89. The SMILES string of the molecule is CN1CCC(CNc2cc(C(=O)O)ccn2)C1. The Morgan fingerprint density at radius 2 is 2.53 bits per heavy atom. The van der Waals surface area contributed by atoms with E-state index >= 15 is 0 Å². The summed E-state index contributed by atoms with van der Waals surface area (Å²) in [6.45, 7) is 3.07. The molecule has 1 atom stereocenters. The topological polar surface area (TPSA) is 65.5 Å². The molecule has 2 N–H and O–H groups in total. The number of hydrogen-bond acceptors (Lipinski definition) is 4. The van der Waals surface area contributed by atoms with Gasteiger partial charge in [-0.3, -0.25) is 0 Å². The van der Waals surface area contributed by atoms with E-state index in [1.165, 1.54) is 18.7 Å². The highest BCUT2D eigenvalue weighted by Crippen LogP contribution is 2.15. The van der Waals surface area contributed by atoms with Crippen molar-refractivity contribution in [1.82, 2.24) is 9.88 Å². The van der Waals surface area contributed by atoms with Gasteiger partial charge in [0, 0.05) is 19.3 Å². The van der Waals surface area contributed by atoms with E-state index in [0.717, 1.165) is 19.6 Å². The summed E-state index contributed by atoms with van der Waals surface area (Å²) in [6.07, 6.45) is 2.70. The van der Waals surface area contributed by atoms with Crippen molar-refractivity contribution in [3.8, 4) is 0 Å². The molecular weight excluding hydrogens is 218 g/mol. The van der Waals surface area contributed by atoms with Crippen LogP contribution in [0.5, 0.6) is 0 Å². The van der Waals surface area contributed by atoms with Crippen molar-refractivity contribution < 1.29 is 9.90 Å². The first-order chi connectivity index (χ1) is 8.15. The fourth-order valence-electron chi connectivity index (χ4n) is 2.10. The van der Waals surface area contributed by atoms with Crippen molar-refractivity contribution in [1.29, 1.82) is 0 Å². The van der Waals surface area contributed by atoms with Gasteiger partial charge in [0.1, 0.15) is 5.82 Å². The van der Waals surface area contributed by atoms with Crippen molar-refractivity contribution in [2.75, 3.05) is 32.0 Å². The number of hydrogen-bond donors (Lipinski definition) is 2. The molecule has 0 radical (unpaired) electrons. The fraction of sp³-hybridized carbons (Fsp3) is 0.500. The van der Waals surface area contributed by atoms with Gasteiger partial charge in [0.25, 0.3) is 0 Å². The summed E-state index contributed by atoms with van der Waals surface area (Å²) in [4.78, 5) is 17.2. The molecular formula is C12H17N3O2. The second kappa shape index (κ2) is 5.14. The summed E-state index contributed by atoms with van der Waals surface area (Å²) >= 11 is 0. The van der Waals surface area contributed by atoms with Crippen LogP contribution in [0.3, 0.4) is 0 Å². The summed E-state index contributed by atoms with van der Waals surface area (Å²) in [6, 6.07) is 3.07. The number of nitrogens with one attached hydrogen (secondary N) is 1. The van der Waals surface area contributed by atoms with Crippen molar-refractivity contribution in [2.24, 2.45) is 5.92 Å². The molecule has 0 aliphatic carbocycles. The number of carboxylic acid groups (broad SMARTS) is 1. The molecule has 0 spiro atoms. The Morgan fingerprint density at radius 1 is 1.71 bits per heavy atom. The maximum atomic E-state index is 10.8. The van der Waals surface area contributed by atoms with Gasteiger partial charge in [-0.25, -0.2) is 9.78 Å². The Kier molecular flexibility index (Phi) is 3.58. The molecule has 5 nitrogen and oxygen atoms in total. The molecule has 0 amide bonds. The van der Waals surface area contributed by atoms with Gasteiger partial charge in [-0.2, -0.15) is 0 Å². The van der Waals surface area contributed by atoms with Gasteiger partial charge in [0.15, 0.2) is 0 Å². The third kappa shape index (κ3) is 3.17. The molecule has 1 saturated heterocycles. The normalized spacial score (nSPS) is 20.4. The number of rotatable bonds is 4. The lowest BCUT2D eigenvalue weighted by molar-refractivity contribution is 0.0697. The number of aromatic carboxylic acids is 1. The van der Waals surface area contributed by atoms with Crippen LogP contribution in [0.2, 0.25) is 0 Å². The number of anilines is 1. The van der Waals surface area contributed by atoms with Crippen LogP contribution in [0.15, 0.2) is 18.3 Å². The maximum absolute atomic E-state index is 10.8. The minimum absolute atomic E-state index is 0.269. The van der Waals surface area contributed by atoms with E-state index in [-0.39, 0.29) is 5.56 Å². The van der Waals surface area contributed by atoms with Crippen molar-refractivity contribution in [3.63, 3.8) is 0 Å². The average molecular weight is 235 g/mol. The Hall–Kier alpha value is -1.62. The van der Waals surface area contributed by atoms with Crippen molar-refractivity contribution in [2.45, 2.75) is 6.42 Å². The first-order valence-corrected chi connectivity index (χ1v) is 5.77. The Balaban J connectivity index is 1.90. The van der Waals surface area contributed by atoms with Gasteiger partial charge in [-0.05, 0) is 38.1 Å². The molecule has 0 bridgehead atoms. The van der Waals surface area contributed by atoms with E-state index in [1.54, 1.807) is 6.07 Å². The van der Waals surface area contributed by atoms with Gasteiger partial charge in [0.05, 0.1) is 5.56 Å². The zero-order valence-electron chi connectivity index (χ0n) is 9.89. The molecule has 1 aromatic rings. The van der Waals surface area contributed by atoms with Crippen LogP contribution in [-0.2, 0) is 0 Å². The lowest BCUT2D eigenvalue weighted by Crippen LogP contribution is -2.19. The number of aromatic nitrogens is 1. The fourth-order valence-corrected chi connectivity index (χ4v) is 2.10. The molecule has 2 rings (SSSR count). The monoisotopic (exact) mass is 235 g/mol. The predicted octanol–water partition coefficient (Wildman–Crippen LogP) is 1.14. The van der Waals surface area contributed by atoms with Crippen LogP contribution in [0.4, 0.5) is 5.82 Å². The molecule has 1 aliphatic rings.